The van der Waals surface area contributed by atoms with Crippen LogP contribution in [0.3, 0.4) is 0 Å². The van der Waals surface area contributed by atoms with E-state index in [2.05, 4.69) is 6.58 Å². The van der Waals surface area contributed by atoms with Crippen LogP contribution in [0.4, 0.5) is 0 Å². The first-order chi connectivity index (χ1) is 5.65. The van der Waals surface area contributed by atoms with E-state index in [9.17, 15) is 5.11 Å². The number of phenolic OH excluding ortho intramolecular Hbond substituents is 1. The lowest BCUT2D eigenvalue weighted by Crippen LogP contribution is -1.87. The molecule has 0 bridgehead atoms. The van der Waals surface area contributed by atoms with Crippen molar-refractivity contribution in [2.45, 2.75) is 20.3 Å². The van der Waals surface area contributed by atoms with Gasteiger partial charge >= 0.3 is 0 Å². The van der Waals surface area contributed by atoms with Crippen LogP contribution in [0.25, 0.3) is 0 Å². The quantitative estimate of drug-likeness (QED) is 0.663. The van der Waals surface area contributed by atoms with Crippen LogP contribution in [-0.2, 0) is 6.42 Å². The Morgan fingerprint density at radius 1 is 1.33 bits per heavy atom. The summed E-state index contributed by atoms with van der Waals surface area (Å²) in [4.78, 5) is 0. The van der Waals surface area contributed by atoms with E-state index in [1.807, 2.05) is 19.9 Å². The maximum Gasteiger partial charge on any atom is 0.119 e. The van der Waals surface area contributed by atoms with E-state index in [0.29, 0.717) is 5.75 Å². The smallest absolute Gasteiger partial charge is 0.119 e. The van der Waals surface area contributed by atoms with E-state index in [1.54, 1.807) is 12.1 Å². The van der Waals surface area contributed by atoms with Crippen molar-refractivity contribution in [2.24, 2.45) is 0 Å². The van der Waals surface area contributed by atoms with Gasteiger partial charge in [0.25, 0.3) is 0 Å². The molecule has 1 N–H and O–H groups in total. The Hall–Kier alpha value is -1.24. The zero-order valence-electron chi connectivity index (χ0n) is 7.59. The minimum atomic E-state index is 0.373. The summed E-state index contributed by atoms with van der Waals surface area (Å²) in [6.45, 7) is 7.67. The van der Waals surface area contributed by atoms with E-state index < -0.39 is 0 Å². The van der Waals surface area contributed by atoms with Gasteiger partial charge in [0.15, 0.2) is 0 Å². The van der Waals surface area contributed by atoms with Gasteiger partial charge in [-0.1, -0.05) is 12.1 Å². The first-order valence-corrected chi connectivity index (χ1v) is 4.05. The molecule has 1 aromatic rings. The first-order valence-electron chi connectivity index (χ1n) is 4.05. The molecule has 1 aromatic carbocycles. The second-order valence-corrected chi connectivity index (χ2v) is 3.06. The Morgan fingerprint density at radius 2 is 1.92 bits per heavy atom. The molecule has 0 unspecified atom stereocenters. The molecule has 1 nitrogen and oxygen atoms in total. The Balaban J connectivity index is 3.13. The highest BCUT2D eigenvalue weighted by Crippen LogP contribution is 2.22. The number of rotatable bonds is 2. The van der Waals surface area contributed by atoms with Gasteiger partial charge in [0.05, 0.1) is 0 Å². The molecule has 1 heteroatoms. The zero-order valence-corrected chi connectivity index (χ0v) is 7.59. The number of hydrogen-bond donors (Lipinski definition) is 1. The molecule has 0 radical (unpaired) electrons. The normalized spacial score (nSPS) is 9.83. The fourth-order valence-electron chi connectivity index (χ4n) is 1.18. The fraction of sp³-hybridized carbons (Fsp3) is 0.273. The third kappa shape index (κ3) is 1.67. The van der Waals surface area contributed by atoms with Gasteiger partial charge in [0, 0.05) is 0 Å². The van der Waals surface area contributed by atoms with Crippen LogP contribution in [0.2, 0.25) is 0 Å². The van der Waals surface area contributed by atoms with Gasteiger partial charge in [-0.15, -0.1) is 6.58 Å². The van der Waals surface area contributed by atoms with Crippen molar-refractivity contribution in [1.29, 1.82) is 0 Å². The minimum absolute atomic E-state index is 0.373. The standard InChI is InChI=1S/C11H14O/c1-4-5-10-6-8(2)9(3)7-11(10)12/h4,6-7,12H,1,5H2,2-3H3. The minimum Gasteiger partial charge on any atom is -0.508 e. The molecule has 0 aliphatic rings. The van der Waals surface area contributed by atoms with E-state index >= 15 is 0 Å². The SMILES string of the molecule is C=CCc1cc(C)c(C)cc1O. The van der Waals surface area contributed by atoms with Crippen LogP contribution in [0.1, 0.15) is 16.7 Å². The fourth-order valence-corrected chi connectivity index (χ4v) is 1.18. The van der Waals surface area contributed by atoms with Crippen LogP contribution in [-0.4, -0.2) is 5.11 Å². The highest BCUT2D eigenvalue weighted by Gasteiger charge is 2.01. The molecule has 0 aliphatic heterocycles. The summed E-state index contributed by atoms with van der Waals surface area (Å²) < 4.78 is 0. The molecule has 12 heavy (non-hydrogen) atoms. The Morgan fingerprint density at radius 3 is 2.50 bits per heavy atom. The van der Waals surface area contributed by atoms with Crippen molar-refractivity contribution in [2.75, 3.05) is 0 Å². The average Bonchev–Trinajstić information content (AvgIpc) is 2.01. The number of allylic oxidation sites excluding steroid dienone is 1. The van der Waals surface area contributed by atoms with E-state index in [4.69, 9.17) is 0 Å². The summed E-state index contributed by atoms with van der Waals surface area (Å²) in [6, 6.07) is 3.81. The molecule has 1 rings (SSSR count). The molecule has 0 amide bonds. The lowest BCUT2D eigenvalue weighted by atomic mass is 10.0. The maximum absolute atomic E-state index is 9.50. The van der Waals surface area contributed by atoms with Crippen LogP contribution in [0, 0.1) is 13.8 Å². The maximum atomic E-state index is 9.50. The summed E-state index contributed by atoms with van der Waals surface area (Å²) in [5, 5.41) is 9.50. The molecule has 0 saturated heterocycles. The number of hydrogen-bond acceptors (Lipinski definition) is 1. The van der Waals surface area contributed by atoms with Gasteiger partial charge in [0.2, 0.25) is 0 Å². The van der Waals surface area contributed by atoms with Gasteiger partial charge in [-0.2, -0.15) is 0 Å². The van der Waals surface area contributed by atoms with Gasteiger partial charge < -0.3 is 5.11 Å². The topological polar surface area (TPSA) is 20.2 Å². The molecule has 0 heterocycles. The van der Waals surface area contributed by atoms with Crippen LogP contribution in [0.15, 0.2) is 24.8 Å². The molecule has 0 spiro atoms. The van der Waals surface area contributed by atoms with Crippen LogP contribution >= 0.6 is 0 Å². The van der Waals surface area contributed by atoms with Crippen molar-refractivity contribution in [1.82, 2.24) is 0 Å². The second kappa shape index (κ2) is 3.44. The number of benzene rings is 1. The highest BCUT2D eigenvalue weighted by molar-refractivity contribution is 5.41. The first kappa shape index (κ1) is 8.85. The molecule has 0 saturated carbocycles. The molecule has 0 aromatic heterocycles. The summed E-state index contributed by atoms with van der Waals surface area (Å²) in [6.07, 6.45) is 2.52. The lowest BCUT2D eigenvalue weighted by molar-refractivity contribution is 0.469. The van der Waals surface area contributed by atoms with Gasteiger partial charge in [-0.25, -0.2) is 0 Å². The Labute approximate surface area is 73.4 Å². The molecule has 64 valence electrons. The van der Waals surface area contributed by atoms with Crippen LogP contribution < -0.4 is 0 Å². The summed E-state index contributed by atoms with van der Waals surface area (Å²) in [7, 11) is 0. The summed E-state index contributed by atoms with van der Waals surface area (Å²) in [5.41, 5.74) is 3.29. The molecule has 0 aliphatic carbocycles. The third-order valence-electron chi connectivity index (χ3n) is 2.06. The lowest BCUT2D eigenvalue weighted by Gasteiger charge is -2.05. The molecule has 0 atom stereocenters. The average molecular weight is 162 g/mol. The van der Waals surface area contributed by atoms with E-state index in [1.165, 1.54) is 5.56 Å². The molecular weight excluding hydrogens is 148 g/mol. The number of aryl methyl sites for hydroxylation is 2. The van der Waals surface area contributed by atoms with Gasteiger partial charge in [-0.3, -0.25) is 0 Å². The van der Waals surface area contributed by atoms with Crippen molar-refractivity contribution >= 4 is 0 Å². The predicted molar refractivity (Wildman–Crippen MR) is 51.5 cm³/mol. The molecular formula is C11H14O. The summed E-state index contributed by atoms with van der Waals surface area (Å²) in [5.74, 6) is 0.373. The zero-order chi connectivity index (χ0) is 9.14. The van der Waals surface area contributed by atoms with Crippen molar-refractivity contribution in [3.8, 4) is 5.75 Å². The van der Waals surface area contributed by atoms with Gasteiger partial charge in [-0.05, 0) is 43.0 Å². The largest absolute Gasteiger partial charge is 0.508 e. The third-order valence-corrected chi connectivity index (χ3v) is 2.06. The highest BCUT2D eigenvalue weighted by atomic mass is 16.3. The predicted octanol–water partition coefficient (Wildman–Crippen LogP) is 2.74. The summed E-state index contributed by atoms with van der Waals surface area (Å²) >= 11 is 0. The molecule has 0 fully saturated rings. The van der Waals surface area contributed by atoms with Gasteiger partial charge in [0.1, 0.15) is 5.75 Å². The van der Waals surface area contributed by atoms with Crippen molar-refractivity contribution in [3.05, 3.63) is 41.5 Å². The second-order valence-electron chi connectivity index (χ2n) is 3.06. The van der Waals surface area contributed by atoms with Crippen molar-refractivity contribution < 1.29 is 5.11 Å². The van der Waals surface area contributed by atoms with E-state index in [-0.39, 0.29) is 0 Å². The monoisotopic (exact) mass is 162 g/mol. The number of phenols is 1. The number of aromatic hydroxyl groups is 1. The van der Waals surface area contributed by atoms with E-state index in [0.717, 1.165) is 17.5 Å². The van der Waals surface area contributed by atoms with Crippen molar-refractivity contribution in [3.63, 3.8) is 0 Å². The Kier molecular flexibility index (Phi) is 2.54. The Bertz CT molecular complexity index is 300. The van der Waals surface area contributed by atoms with Crippen LogP contribution in [0.5, 0.6) is 5.75 Å².